The summed E-state index contributed by atoms with van der Waals surface area (Å²) in [6, 6.07) is 22.2. The van der Waals surface area contributed by atoms with Gasteiger partial charge in [0, 0.05) is 23.5 Å². The van der Waals surface area contributed by atoms with Crippen LogP contribution in [-0.2, 0) is 4.79 Å². The first-order chi connectivity index (χ1) is 14.5. The maximum absolute atomic E-state index is 13.0. The van der Waals surface area contributed by atoms with Crippen molar-refractivity contribution in [2.75, 3.05) is 23.4 Å². The molecular formula is C25H26N2O3. The van der Waals surface area contributed by atoms with Crippen LogP contribution in [0.5, 0.6) is 5.75 Å². The Hall–Kier alpha value is -3.60. The summed E-state index contributed by atoms with van der Waals surface area (Å²) in [5.74, 6) is 0.248. The van der Waals surface area contributed by atoms with E-state index in [4.69, 9.17) is 4.74 Å². The van der Waals surface area contributed by atoms with Gasteiger partial charge in [-0.2, -0.15) is 0 Å². The summed E-state index contributed by atoms with van der Waals surface area (Å²) in [5, 5.41) is 2.80. The third-order valence-corrected chi connectivity index (χ3v) is 4.87. The number of rotatable bonds is 7. The summed E-state index contributed by atoms with van der Waals surface area (Å²) < 4.78 is 5.58. The molecule has 3 rings (SSSR count). The summed E-state index contributed by atoms with van der Waals surface area (Å²) in [6.07, 6.45) is 0. The van der Waals surface area contributed by atoms with Crippen molar-refractivity contribution in [2.24, 2.45) is 0 Å². The van der Waals surface area contributed by atoms with E-state index in [0.717, 1.165) is 11.3 Å². The van der Waals surface area contributed by atoms with Gasteiger partial charge in [0.25, 0.3) is 11.8 Å². The number of hydrogen-bond acceptors (Lipinski definition) is 3. The van der Waals surface area contributed by atoms with Crippen LogP contribution in [0.1, 0.15) is 28.4 Å². The molecule has 0 aromatic heterocycles. The van der Waals surface area contributed by atoms with E-state index < -0.39 is 0 Å². The molecule has 0 saturated carbocycles. The maximum atomic E-state index is 13.0. The number of ether oxygens (including phenoxy) is 1. The van der Waals surface area contributed by atoms with Gasteiger partial charge in [-0.3, -0.25) is 9.59 Å². The molecule has 3 aromatic rings. The number of benzene rings is 3. The average molecular weight is 402 g/mol. The van der Waals surface area contributed by atoms with E-state index in [1.54, 1.807) is 29.2 Å². The number of nitrogens with one attached hydrogen (secondary N) is 1. The number of aryl methyl sites for hydroxylation is 2. The average Bonchev–Trinajstić information content (AvgIpc) is 2.76. The first-order valence-electron chi connectivity index (χ1n) is 9.95. The van der Waals surface area contributed by atoms with Crippen LogP contribution >= 0.6 is 0 Å². The van der Waals surface area contributed by atoms with Crippen molar-refractivity contribution in [3.8, 4) is 5.75 Å². The molecule has 0 saturated heterocycles. The van der Waals surface area contributed by atoms with Crippen LogP contribution in [0.25, 0.3) is 0 Å². The Balaban J connectivity index is 1.65. The van der Waals surface area contributed by atoms with Crippen LogP contribution in [0.3, 0.4) is 0 Å². The molecule has 0 radical (unpaired) electrons. The molecule has 30 heavy (non-hydrogen) atoms. The highest BCUT2D eigenvalue weighted by Crippen LogP contribution is 2.19. The zero-order valence-corrected chi connectivity index (χ0v) is 17.5. The highest BCUT2D eigenvalue weighted by atomic mass is 16.5. The largest absolute Gasteiger partial charge is 0.484 e. The first-order valence-corrected chi connectivity index (χ1v) is 9.95. The Morgan fingerprint density at radius 2 is 1.67 bits per heavy atom. The summed E-state index contributed by atoms with van der Waals surface area (Å²) in [7, 11) is 0. The topological polar surface area (TPSA) is 58.6 Å². The fourth-order valence-corrected chi connectivity index (χ4v) is 3.09. The Labute approximate surface area is 177 Å². The van der Waals surface area contributed by atoms with Crippen molar-refractivity contribution in [2.45, 2.75) is 20.8 Å². The number of amides is 2. The lowest BCUT2D eigenvalue weighted by atomic mass is 10.1. The van der Waals surface area contributed by atoms with E-state index in [2.05, 4.69) is 5.32 Å². The third-order valence-electron chi connectivity index (χ3n) is 4.87. The number of carbonyl (C=O) groups excluding carboxylic acids is 2. The zero-order valence-electron chi connectivity index (χ0n) is 17.5. The normalized spacial score (nSPS) is 10.4. The maximum Gasteiger partial charge on any atom is 0.262 e. The van der Waals surface area contributed by atoms with E-state index in [1.807, 2.05) is 69.3 Å². The predicted octanol–water partition coefficient (Wildman–Crippen LogP) is 4.99. The minimum absolute atomic E-state index is 0.105. The van der Waals surface area contributed by atoms with Crippen LogP contribution in [0.15, 0.2) is 72.8 Å². The Bertz CT molecular complexity index is 1030. The quantitative estimate of drug-likeness (QED) is 0.606. The van der Waals surface area contributed by atoms with Crippen molar-refractivity contribution in [3.63, 3.8) is 0 Å². The molecule has 5 nitrogen and oxygen atoms in total. The molecular weight excluding hydrogens is 376 g/mol. The minimum Gasteiger partial charge on any atom is -0.484 e. The number of para-hydroxylation sites is 1. The molecule has 154 valence electrons. The molecule has 0 aliphatic heterocycles. The van der Waals surface area contributed by atoms with Gasteiger partial charge in [0.15, 0.2) is 6.61 Å². The van der Waals surface area contributed by atoms with Gasteiger partial charge < -0.3 is 15.0 Å². The summed E-state index contributed by atoms with van der Waals surface area (Å²) in [5.41, 5.74) is 4.18. The predicted molar refractivity (Wildman–Crippen MR) is 120 cm³/mol. The van der Waals surface area contributed by atoms with Gasteiger partial charge in [0.1, 0.15) is 5.75 Å². The van der Waals surface area contributed by atoms with Crippen molar-refractivity contribution < 1.29 is 14.3 Å². The zero-order chi connectivity index (χ0) is 21.5. The van der Waals surface area contributed by atoms with Crippen molar-refractivity contribution >= 4 is 23.2 Å². The molecule has 5 heteroatoms. The summed E-state index contributed by atoms with van der Waals surface area (Å²) in [4.78, 5) is 27.0. The van der Waals surface area contributed by atoms with Gasteiger partial charge >= 0.3 is 0 Å². The van der Waals surface area contributed by atoms with Crippen LogP contribution in [-0.4, -0.2) is 25.0 Å². The molecule has 0 aliphatic rings. The lowest BCUT2D eigenvalue weighted by Gasteiger charge is -2.21. The van der Waals surface area contributed by atoms with Crippen LogP contribution in [0.4, 0.5) is 11.4 Å². The molecule has 3 aromatic carbocycles. The number of hydrogen-bond donors (Lipinski definition) is 1. The monoisotopic (exact) mass is 402 g/mol. The smallest absolute Gasteiger partial charge is 0.262 e. The number of carbonyl (C=O) groups is 2. The number of anilines is 2. The standard InChI is InChI=1S/C25H26N2O3/c1-4-27(22-11-6-5-7-12-22)25(29)20-9-8-10-21(16-20)26-24(28)17-30-23-14-13-18(2)19(3)15-23/h5-16H,4,17H2,1-3H3,(H,26,28). The first kappa shape index (κ1) is 21.1. The van der Waals surface area contributed by atoms with Gasteiger partial charge in [-0.25, -0.2) is 0 Å². The highest BCUT2D eigenvalue weighted by Gasteiger charge is 2.16. The Morgan fingerprint density at radius 3 is 2.37 bits per heavy atom. The van der Waals surface area contributed by atoms with Gasteiger partial charge in [-0.1, -0.05) is 30.3 Å². The second-order valence-electron chi connectivity index (χ2n) is 7.05. The molecule has 2 amide bonds. The van der Waals surface area contributed by atoms with E-state index >= 15 is 0 Å². The molecule has 1 N–H and O–H groups in total. The lowest BCUT2D eigenvalue weighted by molar-refractivity contribution is -0.118. The molecule has 0 spiro atoms. The van der Waals surface area contributed by atoms with E-state index in [9.17, 15) is 9.59 Å². The second-order valence-corrected chi connectivity index (χ2v) is 7.05. The van der Waals surface area contributed by atoms with Crippen LogP contribution in [0, 0.1) is 13.8 Å². The summed E-state index contributed by atoms with van der Waals surface area (Å²) in [6.45, 7) is 6.40. The van der Waals surface area contributed by atoms with Crippen LogP contribution in [0.2, 0.25) is 0 Å². The molecule has 0 atom stereocenters. The lowest BCUT2D eigenvalue weighted by Crippen LogP contribution is -2.30. The molecule has 0 aliphatic carbocycles. The summed E-state index contributed by atoms with van der Waals surface area (Å²) >= 11 is 0. The second kappa shape index (κ2) is 9.74. The van der Waals surface area contributed by atoms with E-state index in [-0.39, 0.29) is 18.4 Å². The van der Waals surface area contributed by atoms with Gasteiger partial charge in [0.05, 0.1) is 0 Å². The number of nitrogens with zero attached hydrogens (tertiary/aromatic N) is 1. The molecule has 0 bridgehead atoms. The SMILES string of the molecule is CCN(C(=O)c1cccc(NC(=O)COc2ccc(C)c(C)c2)c1)c1ccccc1. The molecule has 0 unspecified atom stereocenters. The van der Waals surface area contributed by atoms with Crippen molar-refractivity contribution in [1.29, 1.82) is 0 Å². The van der Waals surface area contributed by atoms with E-state index in [1.165, 1.54) is 5.56 Å². The van der Waals surface area contributed by atoms with E-state index in [0.29, 0.717) is 23.5 Å². The Kier molecular flexibility index (Phi) is 6.86. The minimum atomic E-state index is -0.284. The van der Waals surface area contributed by atoms with Crippen LogP contribution < -0.4 is 15.0 Å². The fraction of sp³-hybridized carbons (Fsp3) is 0.200. The molecule has 0 fully saturated rings. The third kappa shape index (κ3) is 5.26. The van der Waals surface area contributed by atoms with Crippen molar-refractivity contribution in [3.05, 3.63) is 89.5 Å². The van der Waals surface area contributed by atoms with Gasteiger partial charge in [-0.05, 0) is 74.4 Å². The van der Waals surface area contributed by atoms with Gasteiger partial charge in [0.2, 0.25) is 0 Å². The fourth-order valence-electron chi connectivity index (χ4n) is 3.09. The Morgan fingerprint density at radius 1 is 0.900 bits per heavy atom. The van der Waals surface area contributed by atoms with Gasteiger partial charge in [-0.15, -0.1) is 0 Å². The molecule has 0 heterocycles. The highest BCUT2D eigenvalue weighted by molar-refractivity contribution is 6.07. The van der Waals surface area contributed by atoms with Crippen molar-refractivity contribution in [1.82, 2.24) is 0 Å².